The summed E-state index contributed by atoms with van der Waals surface area (Å²) in [6, 6.07) is 0. The SMILES string of the molecule is CC(C)[C@H](/C=C/[C@@H](C)[C@H]1CC[C@H]2[C@@H]3CCC4C[C@@H](O)CC[C@]4(C)[C@H]3CC[C@]12C)CO. The summed E-state index contributed by atoms with van der Waals surface area (Å²) in [7, 11) is 0. The Labute approximate surface area is 185 Å². The van der Waals surface area contributed by atoms with E-state index in [0.717, 1.165) is 42.4 Å². The molecule has 0 bridgehead atoms. The maximum Gasteiger partial charge on any atom is 0.0543 e. The summed E-state index contributed by atoms with van der Waals surface area (Å²) in [6.45, 7) is 12.4. The lowest BCUT2D eigenvalue weighted by atomic mass is 9.44. The normalized spacial score (nSPS) is 48.3. The molecule has 0 amide bonds. The van der Waals surface area contributed by atoms with Gasteiger partial charge in [-0.1, -0.05) is 46.8 Å². The van der Waals surface area contributed by atoms with Crippen LogP contribution in [-0.2, 0) is 0 Å². The molecule has 0 aliphatic heterocycles. The molecule has 4 aliphatic rings. The molecule has 0 aromatic rings. The molecule has 2 heteroatoms. The van der Waals surface area contributed by atoms with Gasteiger partial charge in [-0.3, -0.25) is 0 Å². The first-order valence-electron chi connectivity index (χ1n) is 13.2. The molecule has 2 N–H and O–H groups in total. The molecule has 1 unspecified atom stereocenters. The van der Waals surface area contributed by atoms with Crippen molar-refractivity contribution < 1.29 is 10.2 Å². The van der Waals surface area contributed by atoms with Gasteiger partial charge in [0.2, 0.25) is 0 Å². The van der Waals surface area contributed by atoms with Crippen LogP contribution in [0.5, 0.6) is 0 Å². The van der Waals surface area contributed by atoms with Crippen molar-refractivity contribution in [3.05, 3.63) is 12.2 Å². The van der Waals surface area contributed by atoms with Crippen LogP contribution >= 0.6 is 0 Å². The Hall–Kier alpha value is -0.340. The van der Waals surface area contributed by atoms with Crippen molar-refractivity contribution in [2.24, 2.45) is 58.2 Å². The molecule has 4 fully saturated rings. The first-order valence-corrected chi connectivity index (χ1v) is 13.2. The van der Waals surface area contributed by atoms with E-state index in [1.54, 1.807) is 0 Å². The second kappa shape index (κ2) is 8.54. The van der Waals surface area contributed by atoms with Crippen LogP contribution in [-0.4, -0.2) is 22.9 Å². The summed E-state index contributed by atoms with van der Waals surface area (Å²) in [5.41, 5.74) is 0.980. The van der Waals surface area contributed by atoms with Crippen LogP contribution in [0.1, 0.15) is 92.4 Å². The molecular weight excluding hydrogens is 368 g/mol. The molecular formula is C28H48O2. The van der Waals surface area contributed by atoms with Crippen LogP contribution < -0.4 is 0 Å². The van der Waals surface area contributed by atoms with E-state index in [1.165, 1.54) is 44.9 Å². The predicted molar refractivity (Wildman–Crippen MR) is 125 cm³/mol. The molecule has 0 saturated heterocycles. The third-order valence-corrected chi connectivity index (χ3v) is 11.1. The summed E-state index contributed by atoms with van der Waals surface area (Å²) in [4.78, 5) is 0. The van der Waals surface area contributed by atoms with E-state index in [9.17, 15) is 10.2 Å². The van der Waals surface area contributed by atoms with Gasteiger partial charge in [0.25, 0.3) is 0 Å². The predicted octanol–water partition coefficient (Wildman–Crippen LogP) is 6.46. The molecule has 2 nitrogen and oxygen atoms in total. The highest BCUT2D eigenvalue weighted by atomic mass is 16.3. The van der Waals surface area contributed by atoms with Crippen LogP contribution in [0.2, 0.25) is 0 Å². The van der Waals surface area contributed by atoms with Crippen molar-refractivity contribution in [3.8, 4) is 0 Å². The molecule has 4 saturated carbocycles. The van der Waals surface area contributed by atoms with Crippen molar-refractivity contribution in [3.63, 3.8) is 0 Å². The van der Waals surface area contributed by atoms with Gasteiger partial charge in [-0.2, -0.15) is 0 Å². The summed E-state index contributed by atoms with van der Waals surface area (Å²) in [5.74, 6) is 5.69. The summed E-state index contributed by atoms with van der Waals surface area (Å²) >= 11 is 0. The van der Waals surface area contributed by atoms with Crippen LogP contribution in [0.3, 0.4) is 0 Å². The number of fused-ring (bicyclic) bond motifs is 5. The molecule has 0 radical (unpaired) electrons. The highest BCUT2D eigenvalue weighted by Gasteiger charge is 2.60. The molecule has 30 heavy (non-hydrogen) atoms. The average Bonchev–Trinajstić information content (AvgIpc) is 3.06. The van der Waals surface area contributed by atoms with E-state index < -0.39 is 0 Å². The smallest absolute Gasteiger partial charge is 0.0543 e. The van der Waals surface area contributed by atoms with Crippen molar-refractivity contribution >= 4 is 0 Å². The molecule has 0 heterocycles. The second-order valence-corrected chi connectivity index (χ2v) is 12.6. The number of allylic oxidation sites excluding steroid dienone is 1. The van der Waals surface area contributed by atoms with Crippen LogP contribution in [0.4, 0.5) is 0 Å². The quantitative estimate of drug-likeness (QED) is 0.505. The molecule has 4 aliphatic carbocycles. The van der Waals surface area contributed by atoms with E-state index in [1.807, 2.05) is 0 Å². The van der Waals surface area contributed by atoms with E-state index in [-0.39, 0.29) is 12.7 Å². The van der Waals surface area contributed by atoms with Gasteiger partial charge in [0.1, 0.15) is 0 Å². The fourth-order valence-electron chi connectivity index (χ4n) is 9.09. The molecule has 4 rings (SSSR count). The zero-order chi connectivity index (χ0) is 21.7. The Balaban J connectivity index is 1.49. The van der Waals surface area contributed by atoms with Gasteiger partial charge in [-0.25, -0.2) is 0 Å². The van der Waals surface area contributed by atoms with E-state index in [2.05, 4.69) is 46.8 Å². The minimum absolute atomic E-state index is 0.0365. The maximum absolute atomic E-state index is 10.3. The molecule has 0 spiro atoms. The highest BCUT2D eigenvalue weighted by molar-refractivity contribution is 5.11. The summed E-state index contributed by atoms with van der Waals surface area (Å²) in [5, 5.41) is 20.0. The Kier molecular flexibility index (Phi) is 6.50. The summed E-state index contributed by atoms with van der Waals surface area (Å²) < 4.78 is 0. The molecule has 0 aromatic heterocycles. The zero-order valence-corrected chi connectivity index (χ0v) is 20.3. The number of hydrogen-bond acceptors (Lipinski definition) is 2. The van der Waals surface area contributed by atoms with Crippen molar-refractivity contribution in [2.45, 2.75) is 98.5 Å². The van der Waals surface area contributed by atoms with Gasteiger partial charge in [-0.05, 0) is 110 Å². The molecule has 172 valence electrons. The van der Waals surface area contributed by atoms with Gasteiger partial charge in [0, 0.05) is 12.5 Å². The first kappa shape index (κ1) is 22.8. The number of aliphatic hydroxyl groups is 2. The third kappa shape index (κ3) is 3.72. The Morgan fingerprint density at radius 2 is 1.57 bits per heavy atom. The molecule has 0 aromatic carbocycles. The first-order chi connectivity index (χ1) is 14.2. The lowest BCUT2D eigenvalue weighted by molar-refractivity contribution is -0.128. The third-order valence-electron chi connectivity index (χ3n) is 11.1. The van der Waals surface area contributed by atoms with E-state index in [4.69, 9.17) is 0 Å². The average molecular weight is 417 g/mol. The largest absolute Gasteiger partial charge is 0.396 e. The van der Waals surface area contributed by atoms with Gasteiger partial charge in [0.15, 0.2) is 0 Å². The highest BCUT2D eigenvalue weighted by Crippen LogP contribution is 2.68. The standard InChI is InChI=1S/C28H48O2/c1-18(2)20(17-29)7-6-19(3)24-10-11-25-23-9-8-21-16-22(30)12-14-27(21,4)26(23)13-15-28(24,25)5/h6-7,18-26,29-30H,8-17H2,1-5H3/b7-6+/t19-,20-,21?,22+,23+,24-,25+,26+,27+,28-/m1/s1. The lowest BCUT2D eigenvalue weighted by Crippen LogP contribution is -2.54. The molecule has 10 atom stereocenters. The monoisotopic (exact) mass is 416 g/mol. The Bertz CT molecular complexity index is 626. The Morgan fingerprint density at radius 1 is 0.867 bits per heavy atom. The van der Waals surface area contributed by atoms with Gasteiger partial charge in [0.05, 0.1) is 6.10 Å². The van der Waals surface area contributed by atoms with Crippen LogP contribution in [0.25, 0.3) is 0 Å². The fourth-order valence-corrected chi connectivity index (χ4v) is 9.09. The number of rotatable bonds is 5. The zero-order valence-electron chi connectivity index (χ0n) is 20.3. The van der Waals surface area contributed by atoms with Crippen molar-refractivity contribution in [2.75, 3.05) is 6.61 Å². The fraction of sp³-hybridized carbons (Fsp3) is 0.929. The van der Waals surface area contributed by atoms with Crippen molar-refractivity contribution in [1.82, 2.24) is 0 Å². The van der Waals surface area contributed by atoms with Crippen molar-refractivity contribution in [1.29, 1.82) is 0 Å². The number of hydrogen-bond donors (Lipinski definition) is 2. The summed E-state index contributed by atoms with van der Waals surface area (Å²) in [6.07, 6.45) is 16.5. The minimum Gasteiger partial charge on any atom is -0.396 e. The van der Waals surface area contributed by atoms with Gasteiger partial charge in [-0.15, -0.1) is 0 Å². The van der Waals surface area contributed by atoms with Gasteiger partial charge >= 0.3 is 0 Å². The van der Waals surface area contributed by atoms with E-state index in [0.29, 0.717) is 28.6 Å². The minimum atomic E-state index is -0.0365. The van der Waals surface area contributed by atoms with Crippen LogP contribution in [0, 0.1) is 58.2 Å². The van der Waals surface area contributed by atoms with E-state index >= 15 is 0 Å². The maximum atomic E-state index is 10.3. The second-order valence-electron chi connectivity index (χ2n) is 12.6. The van der Waals surface area contributed by atoms with Gasteiger partial charge < -0.3 is 10.2 Å². The van der Waals surface area contributed by atoms with Crippen LogP contribution in [0.15, 0.2) is 12.2 Å². The topological polar surface area (TPSA) is 40.5 Å². The lowest BCUT2D eigenvalue weighted by Gasteiger charge is -2.61. The Morgan fingerprint density at radius 3 is 2.27 bits per heavy atom. The number of aliphatic hydroxyl groups excluding tert-OH is 2.